The molecule has 0 spiro atoms. The van der Waals surface area contributed by atoms with Crippen LogP contribution in [0.4, 0.5) is 0 Å². The molecule has 1 aliphatic rings. The van der Waals surface area contributed by atoms with Crippen molar-refractivity contribution >= 4 is 7.25 Å². The van der Waals surface area contributed by atoms with Crippen LogP contribution < -0.4 is 5.23 Å². The van der Waals surface area contributed by atoms with Crippen molar-refractivity contribution in [3.8, 4) is 0 Å². The van der Waals surface area contributed by atoms with Gasteiger partial charge in [-0.05, 0) is 40.2 Å². The molecule has 3 nitrogen and oxygen atoms in total. The summed E-state index contributed by atoms with van der Waals surface area (Å²) < 4.78 is 11.6. The Morgan fingerprint density at radius 3 is 1.86 bits per heavy atom. The van der Waals surface area contributed by atoms with Crippen molar-refractivity contribution in [2.75, 3.05) is 6.54 Å². The first-order valence-corrected chi connectivity index (χ1v) is 5.33. The zero-order valence-electron chi connectivity index (χ0n) is 10.2. The highest BCUT2D eigenvalue weighted by Crippen LogP contribution is 2.35. The first kappa shape index (κ1) is 12.0. The zero-order chi connectivity index (χ0) is 11.0. The van der Waals surface area contributed by atoms with Gasteiger partial charge in [0, 0.05) is 0 Å². The van der Waals surface area contributed by atoms with Gasteiger partial charge in [-0.15, -0.1) is 0 Å². The molecule has 0 aromatic heterocycles. The molecule has 0 saturated carbocycles. The van der Waals surface area contributed by atoms with Crippen LogP contribution in [0.15, 0.2) is 0 Å². The van der Waals surface area contributed by atoms with E-state index in [0.29, 0.717) is 5.92 Å². The Kier molecular flexibility index (Phi) is 3.29. The third-order valence-electron chi connectivity index (χ3n) is 2.95. The van der Waals surface area contributed by atoms with Gasteiger partial charge in [-0.2, -0.15) is 0 Å². The van der Waals surface area contributed by atoms with Crippen molar-refractivity contribution in [3.63, 3.8) is 0 Å². The molecular weight excluding hydrogens is 177 g/mol. The van der Waals surface area contributed by atoms with E-state index in [9.17, 15) is 0 Å². The fourth-order valence-electron chi connectivity index (χ4n) is 1.26. The van der Waals surface area contributed by atoms with E-state index < -0.39 is 0 Å². The van der Waals surface area contributed by atoms with E-state index in [0.717, 1.165) is 6.54 Å². The minimum atomic E-state index is -0.262. The molecule has 0 unspecified atom stereocenters. The molecule has 1 rings (SSSR count). The monoisotopic (exact) mass is 199 g/mol. The highest BCUT2D eigenvalue weighted by Gasteiger charge is 2.51. The summed E-state index contributed by atoms with van der Waals surface area (Å²) in [6.07, 6.45) is 0. The molecule has 1 heterocycles. The number of hydrogen-bond acceptors (Lipinski definition) is 3. The van der Waals surface area contributed by atoms with E-state index in [-0.39, 0.29) is 18.5 Å². The average Bonchev–Trinajstić information content (AvgIpc) is 2.17. The molecule has 82 valence electrons. The van der Waals surface area contributed by atoms with Crippen LogP contribution in [0.1, 0.15) is 41.5 Å². The molecule has 0 radical (unpaired) electrons. The lowest BCUT2D eigenvalue weighted by Crippen LogP contribution is -2.41. The van der Waals surface area contributed by atoms with Gasteiger partial charge in [-0.1, -0.05) is 13.8 Å². The van der Waals surface area contributed by atoms with Crippen molar-refractivity contribution in [2.24, 2.45) is 5.92 Å². The van der Waals surface area contributed by atoms with Crippen LogP contribution >= 0.6 is 0 Å². The first-order chi connectivity index (χ1) is 6.24. The molecule has 14 heavy (non-hydrogen) atoms. The fourth-order valence-corrected chi connectivity index (χ4v) is 1.26. The van der Waals surface area contributed by atoms with Crippen LogP contribution in [0.3, 0.4) is 0 Å². The predicted molar refractivity (Wildman–Crippen MR) is 58.9 cm³/mol. The second-order valence-corrected chi connectivity index (χ2v) is 5.39. The van der Waals surface area contributed by atoms with Gasteiger partial charge in [0.05, 0.1) is 11.2 Å². The average molecular weight is 199 g/mol. The molecule has 0 aromatic rings. The van der Waals surface area contributed by atoms with Crippen LogP contribution in [-0.2, 0) is 9.31 Å². The Bertz CT molecular complexity index is 188. The highest BCUT2D eigenvalue weighted by molar-refractivity contribution is 6.42. The second kappa shape index (κ2) is 3.84. The smallest absolute Gasteiger partial charge is 0.389 e. The molecule has 4 heteroatoms. The molecule has 0 amide bonds. The van der Waals surface area contributed by atoms with Crippen molar-refractivity contribution in [3.05, 3.63) is 0 Å². The Labute approximate surface area is 87.7 Å². The van der Waals surface area contributed by atoms with Crippen LogP contribution in [0.2, 0.25) is 0 Å². The van der Waals surface area contributed by atoms with Crippen LogP contribution in [-0.4, -0.2) is 25.0 Å². The van der Waals surface area contributed by atoms with Crippen molar-refractivity contribution in [1.29, 1.82) is 0 Å². The fraction of sp³-hybridized carbons (Fsp3) is 1.00. The molecule has 0 bridgehead atoms. The maximum Gasteiger partial charge on any atom is 0.555 e. The second-order valence-electron chi connectivity index (χ2n) is 5.39. The number of nitrogens with one attached hydrogen (secondary N) is 1. The van der Waals surface area contributed by atoms with Crippen LogP contribution in [0, 0.1) is 5.92 Å². The molecule has 1 fully saturated rings. The molecule has 0 atom stereocenters. The van der Waals surface area contributed by atoms with Crippen molar-refractivity contribution in [1.82, 2.24) is 5.23 Å². The standard InChI is InChI=1S/C10H22BNO2/c1-8(2)7-12-11-13-9(3,4)10(5,6)14-11/h8,12H,7H2,1-6H3. The van der Waals surface area contributed by atoms with Gasteiger partial charge in [0.1, 0.15) is 0 Å². The van der Waals surface area contributed by atoms with Crippen molar-refractivity contribution < 1.29 is 9.31 Å². The van der Waals surface area contributed by atoms with Crippen LogP contribution in [0.5, 0.6) is 0 Å². The number of hydrogen-bond donors (Lipinski definition) is 1. The Balaban J connectivity index is 2.47. The summed E-state index contributed by atoms with van der Waals surface area (Å²) in [6.45, 7) is 13.5. The maximum absolute atomic E-state index is 5.78. The lowest BCUT2D eigenvalue weighted by atomic mass is 9.90. The summed E-state index contributed by atoms with van der Waals surface area (Å²) >= 11 is 0. The summed E-state index contributed by atoms with van der Waals surface area (Å²) in [5.41, 5.74) is -0.469. The van der Waals surface area contributed by atoms with Gasteiger partial charge in [0.15, 0.2) is 0 Å². The van der Waals surface area contributed by atoms with E-state index in [4.69, 9.17) is 9.31 Å². The predicted octanol–water partition coefficient (Wildman–Crippen LogP) is 1.82. The first-order valence-electron chi connectivity index (χ1n) is 5.33. The molecule has 0 aliphatic carbocycles. The zero-order valence-corrected chi connectivity index (χ0v) is 10.2. The molecular formula is C10H22BNO2. The Hall–Kier alpha value is -0.0551. The third-order valence-corrected chi connectivity index (χ3v) is 2.95. The topological polar surface area (TPSA) is 30.5 Å². The van der Waals surface area contributed by atoms with Gasteiger partial charge < -0.3 is 14.5 Å². The van der Waals surface area contributed by atoms with E-state index in [2.05, 4.69) is 46.8 Å². The van der Waals surface area contributed by atoms with Crippen LogP contribution in [0.25, 0.3) is 0 Å². The largest absolute Gasteiger partial charge is 0.555 e. The highest BCUT2D eigenvalue weighted by atomic mass is 16.7. The summed E-state index contributed by atoms with van der Waals surface area (Å²) in [6, 6.07) is 0. The van der Waals surface area contributed by atoms with E-state index >= 15 is 0 Å². The van der Waals surface area contributed by atoms with Gasteiger partial charge in [0.25, 0.3) is 0 Å². The third kappa shape index (κ3) is 2.50. The van der Waals surface area contributed by atoms with E-state index in [1.54, 1.807) is 0 Å². The Morgan fingerprint density at radius 2 is 1.50 bits per heavy atom. The normalized spacial score (nSPS) is 24.6. The van der Waals surface area contributed by atoms with Gasteiger partial charge >= 0.3 is 7.25 Å². The Morgan fingerprint density at radius 1 is 1.07 bits per heavy atom. The minimum Gasteiger partial charge on any atom is -0.389 e. The minimum absolute atomic E-state index is 0.234. The van der Waals surface area contributed by atoms with Gasteiger partial charge in [-0.3, -0.25) is 0 Å². The van der Waals surface area contributed by atoms with E-state index in [1.807, 2.05) is 0 Å². The quantitative estimate of drug-likeness (QED) is 0.703. The maximum atomic E-state index is 5.78. The summed E-state index contributed by atoms with van der Waals surface area (Å²) in [7, 11) is -0.262. The van der Waals surface area contributed by atoms with Gasteiger partial charge in [-0.25, -0.2) is 0 Å². The lowest BCUT2D eigenvalue weighted by Gasteiger charge is -2.32. The number of rotatable bonds is 3. The summed E-state index contributed by atoms with van der Waals surface area (Å²) in [5, 5.41) is 3.25. The lowest BCUT2D eigenvalue weighted by molar-refractivity contribution is 0.00578. The molecule has 1 N–H and O–H groups in total. The summed E-state index contributed by atoms with van der Waals surface area (Å²) in [4.78, 5) is 0. The summed E-state index contributed by atoms with van der Waals surface area (Å²) in [5.74, 6) is 0.606. The van der Waals surface area contributed by atoms with Crippen molar-refractivity contribution in [2.45, 2.75) is 52.7 Å². The molecule has 1 saturated heterocycles. The molecule has 1 aliphatic heterocycles. The van der Waals surface area contributed by atoms with E-state index in [1.165, 1.54) is 0 Å². The SMILES string of the molecule is CC(C)CNB1OC(C)(C)C(C)(C)O1. The van der Waals surface area contributed by atoms with Gasteiger partial charge in [0.2, 0.25) is 0 Å². The molecule has 0 aromatic carbocycles.